The average molecular weight is 235 g/mol. The summed E-state index contributed by atoms with van der Waals surface area (Å²) in [5.41, 5.74) is 9.30. The normalized spacial score (nSPS) is 14.9. The number of rotatable bonds is 4. The molecular formula is C11H13N3O3. The minimum Gasteiger partial charge on any atom is -0.486 e. The molecule has 90 valence electrons. The number of aliphatic hydroxyl groups excluding tert-OH is 1. The van der Waals surface area contributed by atoms with Gasteiger partial charge in [0.15, 0.2) is 11.5 Å². The third-order valence-electron chi connectivity index (χ3n) is 2.54. The van der Waals surface area contributed by atoms with Crippen LogP contribution in [0.15, 0.2) is 23.3 Å². The Morgan fingerprint density at radius 3 is 2.82 bits per heavy atom. The first-order valence-corrected chi connectivity index (χ1v) is 5.39. The first-order valence-electron chi connectivity index (χ1n) is 5.39. The van der Waals surface area contributed by atoms with Crippen LogP contribution in [0.25, 0.3) is 10.4 Å². The number of benzene rings is 1. The number of aliphatic hydroxyl groups is 1. The monoisotopic (exact) mass is 235 g/mol. The van der Waals surface area contributed by atoms with Crippen molar-refractivity contribution >= 4 is 0 Å². The average Bonchev–Trinajstić information content (AvgIpc) is 2.38. The number of hydrogen-bond donors (Lipinski definition) is 1. The van der Waals surface area contributed by atoms with E-state index in [0.717, 1.165) is 5.56 Å². The minimum atomic E-state index is -0.374. The molecule has 0 amide bonds. The Hall–Kier alpha value is -1.91. The predicted molar refractivity (Wildman–Crippen MR) is 61.0 cm³/mol. The number of fused-ring (bicyclic) bond motifs is 1. The molecule has 0 spiro atoms. The molecule has 0 radical (unpaired) electrons. The Morgan fingerprint density at radius 2 is 2.12 bits per heavy atom. The van der Waals surface area contributed by atoms with Crippen molar-refractivity contribution in [2.45, 2.75) is 12.5 Å². The molecule has 1 aliphatic rings. The lowest BCUT2D eigenvalue weighted by molar-refractivity contribution is 0.171. The van der Waals surface area contributed by atoms with Gasteiger partial charge < -0.3 is 14.6 Å². The van der Waals surface area contributed by atoms with E-state index in [1.165, 1.54) is 0 Å². The van der Waals surface area contributed by atoms with E-state index in [1.54, 1.807) is 12.1 Å². The molecule has 6 heteroatoms. The van der Waals surface area contributed by atoms with Crippen LogP contribution >= 0.6 is 0 Å². The van der Waals surface area contributed by atoms with E-state index in [-0.39, 0.29) is 12.6 Å². The first-order chi connectivity index (χ1) is 8.35. The number of ether oxygens (including phenoxy) is 2. The van der Waals surface area contributed by atoms with Gasteiger partial charge in [-0.25, -0.2) is 0 Å². The fourth-order valence-electron chi connectivity index (χ4n) is 1.74. The number of hydrogen-bond acceptors (Lipinski definition) is 4. The number of nitrogens with zero attached hydrogens (tertiary/aromatic N) is 3. The first kappa shape index (κ1) is 11.6. The Bertz CT molecular complexity index is 444. The molecule has 17 heavy (non-hydrogen) atoms. The van der Waals surface area contributed by atoms with Gasteiger partial charge in [0.2, 0.25) is 0 Å². The van der Waals surface area contributed by atoms with Gasteiger partial charge in [-0.3, -0.25) is 0 Å². The van der Waals surface area contributed by atoms with Crippen molar-refractivity contribution in [3.8, 4) is 11.5 Å². The Labute approximate surface area is 98.4 Å². The standard InChI is InChI=1S/C11H13N3O3/c12-14-13-9(3-4-15)8-1-2-10-11(7-8)17-6-5-16-10/h1-2,7,9,15H,3-6H2. The maximum Gasteiger partial charge on any atom is 0.161 e. The van der Waals surface area contributed by atoms with Gasteiger partial charge in [0, 0.05) is 11.5 Å². The van der Waals surface area contributed by atoms with Crippen molar-refractivity contribution in [3.63, 3.8) is 0 Å². The third kappa shape index (κ3) is 2.61. The van der Waals surface area contributed by atoms with Crippen molar-refractivity contribution in [1.82, 2.24) is 0 Å². The lowest BCUT2D eigenvalue weighted by Gasteiger charge is -2.20. The lowest BCUT2D eigenvalue weighted by Crippen LogP contribution is -2.15. The molecular weight excluding hydrogens is 222 g/mol. The van der Waals surface area contributed by atoms with Gasteiger partial charge in [-0.1, -0.05) is 11.2 Å². The molecule has 0 saturated heterocycles. The fraction of sp³-hybridized carbons (Fsp3) is 0.455. The zero-order chi connectivity index (χ0) is 12.1. The van der Waals surface area contributed by atoms with Crippen molar-refractivity contribution in [2.24, 2.45) is 5.11 Å². The molecule has 2 rings (SSSR count). The van der Waals surface area contributed by atoms with E-state index < -0.39 is 0 Å². The van der Waals surface area contributed by atoms with Gasteiger partial charge in [0.05, 0.1) is 6.04 Å². The molecule has 0 saturated carbocycles. The molecule has 1 heterocycles. The maximum atomic E-state index is 8.92. The summed E-state index contributed by atoms with van der Waals surface area (Å²) in [6.07, 6.45) is 0.393. The highest BCUT2D eigenvalue weighted by Gasteiger charge is 2.15. The molecule has 1 aromatic rings. The van der Waals surface area contributed by atoms with Gasteiger partial charge in [-0.05, 0) is 29.6 Å². The summed E-state index contributed by atoms with van der Waals surface area (Å²) >= 11 is 0. The zero-order valence-corrected chi connectivity index (χ0v) is 9.24. The van der Waals surface area contributed by atoms with E-state index in [4.69, 9.17) is 20.1 Å². The van der Waals surface area contributed by atoms with Crippen LogP contribution in [0.4, 0.5) is 0 Å². The van der Waals surface area contributed by atoms with Crippen LogP contribution in [0, 0.1) is 0 Å². The van der Waals surface area contributed by atoms with Crippen LogP contribution in [0.2, 0.25) is 0 Å². The smallest absolute Gasteiger partial charge is 0.161 e. The van der Waals surface area contributed by atoms with Crippen molar-refractivity contribution in [3.05, 3.63) is 34.2 Å². The van der Waals surface area contributed by atoms with E-state index in [1.807, 2.05) is 6.07 Å². The number of azide groups is 1. The largest absolute Gasteiger partial charge is 0.486 e. The molecule has 6 nitrogen and oxygen atoms in total. The van der Waals surface area contributed by atoms with Crippen molar-refractivity contribution in [1.29, 1.82) is 0 Å². The van der Waals surface area contributed by atoms with Crippen LogP contribution in [0.5, 0.6) is 11.5 Å². The molecule has 1 N–H and O–H groups in total. The SMILES string of the molecule is [N-]=[N+]=NC(CCO)c1ccc2c(c1)OCCO2. The van der Waals surface area contributed by atoms with Gasteiger partial charge in [0.1, 0.15) is 13.2 Å². The second-order valence-electron chi connectivity index (χ2n) is 3.64. The second-order valence-corrected chi connectivity index (χ2v) is 3.64. The maximum absolute atomic E-state index is 8.92. The van der Waals surface area contributed by atoms with E-state index in [9.17, 15) is 0 Å². The highest BCUT2D eigenvalue weighted by atomic mass is 16.6. The Morgan fingerprint density at radius 1 is 1.35 bits per heavy atom. The molecule has 1 atom stereocenters. The molecule has 0 aromatic heterocycles. The summed E-state index contributed by atoms with van der Waals surface area (Å²) in [6, 6.07) is 5.04. The zero-order valence-electron chi connectivity index (χ0n) is 9.24. The summed E-state index contributed by atoms with van der Waals surface area (Å²) in [6.45, 7) is 1.03. The molecule has 1 unspecified atom stereocenters. The van der Waals surface area contributed by atoms with Crippen LogP contribution in [0.1, 0.15) is 18.0 Å². The minimum absolute atomic E-state index is 0.0296. The predicted octanol–water partition coefficient (Wildman–Crippen LogP) is 2.19. The van der Waals surface area contributed by atoms with Gasteiger partial charge >= 0.3 is 0 Å². The van der Waals surface area contributed by atoms with Crippen LogP contribution in [-0.4, -0.2) is 24.9 Å². The van der Waals surface area contributed by atoms with Gasteiger partial charge in [0.25, 0.3) is 0 Å². The van der Waals surface area contributed by atoms with Gasteiger partial charge in [-0.15, -0.1) is 0 Å². The highest BCUT2D eigenvalue weighted by Crippen LogP contribution is 2.34. The Kier molecular flexibility index (Phi) is 3.69. The van der Waals surface area contributed by atoms with Gasteiger partial charge in [-0.2, -0.15) is 0 Å². The molecule has 1 aliphatic heterocycles. The van der Waals surface area contributed by atoms with Crippen molar-refractivity contribution in [2.75, 3.05) is 19.8 Å². The third-order valence-corrected chi connectivity index (χ3v) is 2.54. The summed E-state index contributed by atoms with van der Waals surface area (Å²) < 4.78 is 10.8. The Balaban J connectivity index is 2.27. The lowest BCUT2D eigenvalue weighted by atomic mass is 10.0. The summed E-state index contributed by atoms with van der Waals surface area (Å²) in [5, 5.41) is 12.6. The summed E-state index contributed by atoms with van der Waals surface area (Å²) in [4.78, 5) is 2.78. The fourth-order valence-corrected chi connectivity index (χ4v) is 1.74. The van der Waals surface area contributed by atoms with E-state index in [0.29, 0.717) is 31.1 Å². The molecule has 0 fully saturated rings. The molecule has 0 bridgehead atoms. The molecule has 1 aromatic carbocycles. The molecule has 0 aliphatic carbocycles. The van der Waals surface area contributed by atoms with E-state index >= 15 is 0 Å². The van der Waals surface area contributed by atoms with Crippen LogP contribution in [0.3, 0.4) is 0 Å². The van der Waals surface area contributed by atoms with Crippen molar-refractivity contribution < 1.29 is 14.6 Å². The van der Waals surface area contributed by atoms with Crippen LogP contribution < -0.4 is 9.47 Å². The second kappa shape index (κ2) is 5.43. The highest BCUT2D eigenvalue weighted by molar-refractivity contribution is 5.44. The topological polar surface area (TPSA) is 87.5 Å². The summed E-state index contributed by atoms with van der Waals surface area (Å²) in [5.74, 6) is 1.36. The van der Waals surface area contributed by atoms with Crippen LogP contribution in [-0.2, 0) is 0 Å². The van der Waals surface area contributed by atoms with E-state index in [2.05, 4.69) is 10.0 Å². The summed E-state index contributed by atoms with van der Waals surface area (Å²) in [7, 11) is 0. The quantitative estimate of drug-likeness (QED) is 0.493.